The number of nitrogens with zero attached hydrogens (tertiary/aromatic N) is 4. The number of hydrogen-bond acceptors (Lipinski definition) is 5. The number of carbonyl (C=O) groups excluding carboxylic acids is 1. The number of likely N-dealkylation sites (tertiary alicyclic amines) is 1. The second-order valence-electron chi connectivity index (χ2n) is 4.84. The highest BCUT2D eigenvalue weighted by molar-refractivity contribution is 5.76. The largest absolute Gasteiger partial charge is 0.368 e. The van der Waals surface area contributed by atoms with Gasteiger partial charge in [-0.2, -0.15) is 5.26 Å². The van der Waals surface area contributed by atoms with E-state index in [0.29, 0.717) is 24.5 Å². The van der Waals surface area contributed by atoms with Gasteiger partial charge in [-0.1, -0.05) is 6.42 Å². The summed E-state index contributed by atoms with van der Waals surface area (Å²) in [4.78, 5) is 21.8. The Morgan fingerprint density at radius 3 is 3.00 bits per heavy atom. The van der Waals surface area contributed by atoms with Crippen molar-refractivity contribution in [3.05, 3.63) is 18.1 Å². The molecule has 1 aliphatic rings. The Hall–Kier alpha value is -2.16. The normalized spacial score (nSPS) is 15.6. The van der Waals surface area contributed by atoms with Crippen LogP contribution in [0.25, 0.3) is 0 Å². The highest BCUT2D eigenvalue weighted by atomic mass is 16.2. The van der Waals surface area contributed by atoms with E-state index in [1.807, 2.05) is 11.0 Å². The van der Waals surface area contributed by atoms with Crippen LogP contribution in [0.2, 0.25) is 0 Å². The van der Waals surface area contributed by atoms with Gasteiger partial charge in [0.1, 0.15) is 6.07 Å². The Kier molecular flexibility index (Phi) is 5.30. The number of anilines is 1. The van der Waals surface area contributed by atoms with Gasteiger partial charge >= 0.3 is 0 Å². The fraction of sp³-hybridized carbons (Fsp3) is 0.571. The summed E-state index contributed by atoms with van der Waals surface area (Å²) in [6.07, 6.45) is 7.83. The maximum absolute atomic E-state index is 11.8. The van der Waals surface area contributed by atoms with Crippen molar-refractivity contribution in [2.24, 2.45) is 0 Å². The van der Waals surface area contributed by atoms with E-state index in [2.05, 4.69) is 15.3 Å². The van der Waals surface area contributed by atoms with Crippen LogP contribution in [0.3, 0.4) is 0 Å². The van der Waals surface area contributed by atoms with Crippen molar-refractivity contribution in [1.82, 2.24) is 14.9 Å². The molecule has 1 aromatic rings. The van der Waals surface area contributed by atoms with Crippen molar-refractivity contribution in [2.75, 3.05) is 25.0 Å². The molecule has 20 heavy (non-hydrogen) atoms. The summed E-state index contributed by atoms with van der Waals surface area (Å²) in [5.41, 5.74) is 0.304. The van der Waals surface area contributed by atoms with E-state index in [9.17, 15) is 4.79 Å². The van der Waals surface area contributed by atoms with Gasteiger partial charge in [-0.3, -0.25) is 4.79 Å². The molecule has 1 amide bonds. The molecule has 2 rings (SSSR count). The van der Waals surface area contributed by atoms with Crippen molar-refractivity contribution in [1.29, 1.82) is 5.26 Å². The van der Waals surface area contributed by atoms with Gasteiger partial charge in [0, 0.05) is 38.4 Å². The number of hydrogen-bond donors (Lipinski definition) is 1. The lowest BCUT2D eigenvalue weighted by molar-refractivity contribution is -0.130. The topological polar surface area (TPSA) is 81.9 Å². The summed E-state index contributed by atoms with van der Waals surface area (Å²) in [6, 6.07) is 2.00. The van der Waals surface area contributed by atoms with Gasteiger partial charge in [0.05, 0.1) is 0 Å². The molecule has 0 spiro atoms. The first kappa shape index (κ1) is 14.3. The van der Waals surface area contributed by atoms with Crippen LogP contribution >= 0.6 is 0 Å². The van der Waals surface area contributed by atoms with Gasteiger partial charge in [0.15, 0.2) is 11.5 Å². The van der Waals surface area contributed by atoms with Gasteiger partial charge in [-0.25, -0.2) is 9.97 Å². The summed E-state index contributed by atoms with van der Waals surface area (Å²) >= 11 is 0. The van der Waals surface area contributed by atoms with Gasteiger partial charge in [-0.15, -0.1) is 0 Å². The minimum atomic E-state index is 0.264. The minimum absolute atomic E-state index is 0.264. The third-order valence-corrected chi connectivity index (χ3v) is 3.37. The Labute approximate surface area is 118 Å². The van der Waals surface area contributed by atoms with E-state index in [0.717, 1.165) is 38.8 Å². The lowest BCUT2D eigenvalue weighted by Gasteiger charge is -2.20. The van der Waals surface area contributed by atoms with Gasteiger partial charge in [0.25, 0.3) is 0 Å². The quantitative estimate of drug-likeness (QED) is 0.823. The van der Waals surface area contributed by atoms with Gasteiger partial charge in [0.2, 0.25) is 5.91 Å². The number of aromatic nitrogens is 2. The van der Waals surface area contributed by atoms with E-state index >= 15 is 0 Å². The molecule has 1 fully saturated rings. The lowest BCUT2D eigenvalue weighted by atomic mass is 10.2. The van der Waals surface area contributed by atoms with Crippen LogP contribution in [0, 0.1) is 11.3 Å². The number of nitrogens with one attached hydrogen (secondary N) is 1. The minimum Gasteiger partial charge on any atom is -0.368 e. The van der Waals surface area contributed by atoms with Gasteiger partial charge < -0.3 is 10.2 Å². The fourth-order valence-corrected chi connectivity index (χ4v) is 2.30. The van der Waals surface area contributed by atoms with E-state index in [1.165, 1.54) is 6.20 Å². The van der Waals surface area contributed by atoms with Crippen LogP contribution in [-0.2, 0) is 4.79 Å². The molecule has 1 saturated heterocycles. The van der Waals surface area contributed by atoms with Crippen molar-refractivity contribution in [2.45, 2.75) is 32.1 Å². The zero-order valence-electron chi connectivity index (χ0n) is 11.5. The highest BCUT2D eigenvalue weighted by Gasteiger charge is 2.15. The molecular formula is C14H19N5O. The molecule has 1 N–H and O–H groups in total. The van der Waals surface area contributed by atoms with Crippen LogP contribution in [0.1, 0.15) is 37.8 Å². The molecule has 1 aliphatic heterocycles. The Morgan fingerprint density at radius 2 is 2.15 bits per heavy atom. The maximum atomic E-state index is 11.8. The summed E-state index contributed by atoms with van der Waals surface area (Å²) in [6.45, 7) is 2.30. The number of nitriles is 1. The predicted octanol–water partition coefficient (Wildman–Crippen LogP) is 1.55. The zero-order chi connectivity index (χ0) is 14.2. The third kappa shape index (κ3) is 3.92. The van der Waals surface area contributed by atoms with Crippen molar-refractivity contribution < 1.29 is 4.79 Å². The summed E-state index contributed by atoms with van der Waals surface area (Å²) in [7, 11) is 0. The van der Waals surface area contributed by atoms with Crippen LogP contribution < -0.4 is 5.32 Å². The summed E-state index contributed by atoms with van der Waals surface area (Å²) in [5, 5.41) is 12.0. The first-order valence-electron chi connectivity index (χ1n) is 7.04. The van der Waals surface area contributed by atoms with Crippen LogP contribution in [-0.4, -0.2) is 40.4 Å². The van der Waals surface area contributed by atoms with Crippen molar-refractivity contribution in [3.63, 3.8) is 0 Å². The van der Waals surface area contributed by atoms with E-state index in [-0.39, 0.29) is 5.91 Å². The molecule has 106 valence electrons. The molecule has 0 aliphatic carbocycles. The second kappa shape index (κ2) is 7.43. The monoisotopic (exact) mass is 273 g/mol. The standard InChI is InChI=1S/C14H19N5O/c15-11-12-14(18-8-7-16-12)17-6-4-10-19-9-3-1-2-5-13(19)20/h7-8H,1-6,9-10H2,(H,17,18). The van der Waals surface area contributed by atoms with Crippen LogP contribution in [0.5, 0.6) is 0 Å². The second-order valence-corrected chi connectivity index (χ2v) is 4.84. The smallest absolute Gasteiger partial charge is 0.222 e. The Balaban J connectivity index is 1.76. The van der Waals surface area contributed by atoms with Gasteiger partial charge in [-0.05, 0) is 19.3 Å². The first-order valence-corrected chi connectivity index (χ1v) is 7.04. The molecule has 2 heterocycles. The molecule has 0 bridgehead atoms. The molecule has 0 radical (unpaired) electrons. The number of carbonyl (C=O) groups is 1. The third-order valence-electron chi connectivity index (χ3n) is 3.37. The molecule has 0 aromatic carbocycles. The first-order chi connectivity index (χ1) is 9.81. The van der Waals surface area contributed by atoms with E-state index < -0.39 is 0 Å². The summed E-state index contributed by atoms with van der Waals surface area (Å²) < 4.78 is 0. The lowest BCUT2D eigenvalue weighted by Crippen LogP contribution is -2.32. The zero-order valence-corrected chi connectivity index (χ0v) is 11.5. The average molecular weight is 273 g/mol. The van der Waals surface area contributed by atoms with E-state index in [1.54, 1.807) is 6.20 Å². The maximum Gasteiger partial charge on any atom is 0.222 e. The SMILES string of the molecule is N#Cc1nccnc1NCCCN1CCCCCC1=O. The van der Waals surface area contributed by atoms with Crippen molar-refractivity contribution >= 4 is 11.7 Å². The molecule has 6 nitrogen and oxygen atoms in total. The molecule has 1 aromatic heterocycles. The van der Waals surface area contributed by atoms with Crippen molar-refractivity contribution in [3.8, 4) is 6.07 Å². The number of amides is 1. The average Bonchev–Trinajstić information content (AvgIpc) is 2.69. The molecule has 0 saturated carbocycles. The fourth-order valence-electron chi connectivity index (χ4n) is 2.30. The summed E-state index contributed by atoms with van der Waals surface area (Å²) in [5.74, 6) is 0.775. The molecular weight excluding hydrogens is 254 g/mol. The Morgan fingerprint density at radius 1 is 1.30 bits per heavy atom. The highest BCUT2D eigenvalue weighted by Crippen LogP contribution is 2.11. The molecule has 6 heteroatoms. The van der Waals surface area contributed by atoms with Crippen LogP contribution in [0.15, 0.2) is 12.4 Å². The number of rotatable bonds is 5. The molecule has 0 unspecified atom stereocenters. The Bertz CT molecular complexity index is 497. The van der Waals surface area contributed by atoms with Crippen LogP contribution in [0.4, 0.5) is 5.82 Å². The predicted molar refractivity (Wildman–Crippen MR) is 74.9 cm³/mol. The molecule has 0 atom stereocenters. The van der Waals surface area contributed by atoms with E-state index in [4.69, 9.17) is 5.26 Å².